The number of rotatable bonds is 8. The van der Waals surface area contributed by atoms with Crippen molar-refractivity contribution in [3.63, 3.8) is 0 Å². The van der Waals surface area contributed by atoms with Gasteiger partial charge in [0.2, 0.25) is 0 Å². The molecule has 0 spiro atoms. The summed E-state index contributed by atoms with van der Waals surface area (Å²) in [5, 5.41) is 31.8. The number of carbonyl (C=O) groups excluding carboxylic acids is 3. The molecule has 0 saturated carbocycles. The van der Waals surface area contributed by atoms with E-state index in [4.69, 9.17) is 4.74 Å². The Balaban J connectivity index is 1.42. The lowest BCUT2D eigenvalue weighted by atomic mass is 10.0. The van der Waals surface area contributed by atoms with Crippen molar-refractivity contribution in [2.24, 2.45) is 0 Å². The Hall–Kier alpha value is -5.47. The summed E-state index contributed by atoms with van der Waals surface area (Å²) < 4.78 is 5.21. The molecule has 11 heteroatoms. The van der Waals surface area contributed by atoms with Gasteiger partial charge in [-0.3, -0.25) is 14.4 Å². The molecule has 4 aromatic rings. The fourth-order valence-electron chi connectivity index (χ4n) is 4.77. The zero-order chi connectivity index (χ0) is 30.1. The summed E-state index contributed by atoms with van der Waals surface area (Å²) in [6, 6.07) is 17.8. The number of aromatic hydroxyl groups is 1. The first kappa shape index (κ1) is 28.1. The molecule has 1 aliphatic rings. The predicted octanol–water partition coefficient (Wildman–Crippen LogP) is 4.54. The third-order valence-corrected chi connectivity index (χ3v) is 7.98. The van der Waals surface area contributed by atoms with Crippen LogP contribution in [-0.2, 0) is 11.2 Å². The maximum atomic E-state index is 13.5. The van der Waals surface area contributed by atoms with E-state index in [1.807, 2.05) is 0 Å². The van der Waals surface area contributed by atoms with Crippen LogP contribution in [0.5, 0.6) is 11.5 Å². The molecular formula is C31H23N3O7S. The van der Waals surface area contributed by atoms with E-state index in [0.717, 1.165) is 26.7 Å². The molecular weight excluding hydrogens is 558 g/mol. The highest BCUT2D eigenvalue weighted by Crippen LogP contribution is 2.44. The number of ether oxygens (including phenoxy) is 1. The zero-order valence-corrected chi connectivity index (χ0v) is 23.2. The van der Waals surface area contributed by atoms with E-state index in [1.54, 1.807) is 50.4 Å². The van der Waals surface area contributed by atoms with Crippen LogP contribution in [0.15, 0.2) is 66.7 Å². The number of carbonyl (C=O) groups is 4. The zero-order valence-electron chi connectivity index (χ0n) is 22.4. The summed E-state index contributed by atoms with van der Waals surface area (Å²) in [6.45, 7) is 1.80. The Labute approximate surface area is 244 Å². The minimum Gasteiger partial charge on any atom is -0.508 e. The molecule has 0 aliphatic carbocycles. The highest BCUT2D eigenvalue weighted by Gasteiger charge is 2.40. The fraction of sp³-hybridized carbons (Fsp3) is 0.129. The van der Waals surface area contributed by atoms with Gasteiger partial charge in [0.15, 0.2) is 0 Å². The number of benzene rings is 3. The van der Waals surface area contributed by atoms with Crippen molar-refractivity contribution in [3.8, 4) is 28.7 Å². The number of anilines is 1. The second kappa shape index (κ2) is 11.2. The maximum Gasteiger partial charge on any atom is 0.326 e. The van der Waals surface area contributed by atoms with Crippen LogP contribution in [0.25, 0.3) is 11.1 Å². The number of phenols is 1. The number of amides is 3. The number of nitrogens with one attached hydrogen (secondary N) is 1. The molecule has 0 unspecified atom stereocenters. The second-order valence-corrected chi connectivity index (χ2v) is 10.7. The average Bonchev–Trinajstić information content (AvgIpc) is 3.44. The van der Waals surface area contributed by atoms with Gasteiger partial charge < -0.3 is 20.3 Å². The van der Waals surface area contributed by atoms with E-state index >= 15 is 0 Å². The molecule has 5 rings (SSSR count). The van der Waals surface area contributed by atoms with E-state index in [9.17, 15) is 34.7 Å². The Morgan fingerprint density at radius 3 is 2.31 bits per heavy atom. The number of carboxylic acid groups (broad SMARTS) is 1. The number of fused-ring (bicyclic) bond motifs is 1. The highest BCUT2D eigenvalue weighted by atomic mass is 32.1. The van der Waals surface area contributed by atoms with Gasteiger partial charge in [-0.25, -0.2) is 9.69 Å². The average molecular weight is 582 g/mol. The van der Waals surface area contributed by atoms with Crippen LogP contribution in [0.2, 0.25) is 0 Å². The summed E-state index contributed by atoms with van der Waals surface area (Å²) in [5.41, 5.74) is 2.12. The van der Waals surface area contributed by atoms with E-state index in [-0.39, 0.29) is 39.4 Å². The summed E-state index contributed by atoms with van der Waals surface area (Å²) in [7, 11) is 1.54. The number of nitriles is 1. The summed E-state index contributed by atoms with van der Waals surface area (Å²) in [6.07, 6.45) is -0.0390. The number of aliphatic carboxylic acids is 1. The van der Waals surface area contributed by atoms with Gasteiger partial charge in [-0.2, -0.15) is 5.26 Å². The molecule has 0 fully saturated rings. The van der Waals surface area contributed by atoms with E-state index < -0.39 is 29.7 Å². The van der Waals surface area contributed by atoms with Gasteiger partial charge in [0, 0.05) is 22.4 Å². The van der Waals surface area contributed by atoms with Crippen molar-refractivity contribution < 1.29 is 34.1 Å². The predicted molar refractivity (Wildman–Crippen MR) is 154 cm³/mol. The van der Waals surface area contributed by atoms with Gasteiger partial charge in [-0.05, 0) is 60.5 Å². The van der Waals surface area contributed by atoms with E-state index in [1.165, 1.54) is 30.3 Å². The Kier molecular flexibility index (Phi) is 7.48. The van der Waals surface area contributed by atoms with Gasteiger partial charge >= 0.3 is 5.97 Å². The molecule has 3 aromatic carbocycles. The Bertz CT molecular complexity index is 1790. The third kappa shape index (κ3) is 5.07. The van der Waals surface area contributed by atoms with E-state index in [2.05, 4.69) is 11.4 Å². The lowest BCUT2D eigenvalue weighted by molar-refractivity contribution is -0.139. The lowest BCUT2D eigenvalue weighted by Gasteiger charge is -2.15. The number of hydrogen-bond donors (Lipinski definition) is 3. The maximum absolute atomic E-state index is 13.5. The minimum atomic E-state index is -1.28. The van der Waals surface area contributed by atoms with Gasteiger partial charge in [0.05, 0.1) is 23.8 Å². The molecule has 0 bridgehead atoms. The summed E-state index contributed by atoms with van der Waals surface area (Å²) >= 11 is 1.14. The molecule has 3 N–H and O–H groups in total. The standard InChI is InChI=1S/C31H23N3O7S/c1-16-26(18-5-10-21(41-2)11-6-18)24(15-32)30(42-16)34-28(37)22-12-7-19(14-23(22)29(34)38)27(36)33-25(31(39)40)13-17-3-8-20(35)9-4-17/h3-12,14,25,35H,13H2,1-2H3,(H,33,36)(H,39,40)/t25-/m0/s1. The van der Waals surface area contributed by atoms with Crippen LogP contribution in [0.1, 0.15) is 47.1 Å². The number of nitrogens with zero attached hydrogens (tertiary/aromatic N) is 2. The number of methoxy groups -OCH3 is 1. The molecule has 0 radical (unpaired) electrons. The molecule has 0 saturated heterocycles. The highest BCUT2D eigenvalue weighted by molar-refractivity contribution is 7.17. The number of hydrogen-bond acceptors (Lipinski definition) is 8. The second-order valence-electron chi connectivity index (χ2n) is 9.49. The quantitative estimate of drug-likeness (QED) is 0.256. The van der Waals surface area contributed by atoms with Gasteiger partial charge in [0.1, 0.15) is 28.6 Å². The molecule has 1 aliphatic heterocycles. The first-order chi connectivity index (χ1) is 20.1. The first-order valence-corrected chi connectivity index (χ1v) is 13.5. The van der Waals surface area contributed by atoms with Crippen LogP contribution < -0.4 is 15.0 Å². The van der Waals surface area contributed by atoms with Crippen molar-refractivity contribution in [1.29, 1.82) is 5.26 Å². The Morgan fingerprint density at radius 1 is 1.02 bits per heavy atom. The van der Waals surface area contributed by atoms with Crippen LogP contribution in [-0.4, -0.2) is 47.1 Å². The lowest BCUT2D eigenvalue weighted by Crippen LogP contribution is -2.42. The number of imide groups is 1. The first-order valence-electron chi connectivity index (χ1n) is 12.6. The van der Waals surface area contributed by atoms with Crippen molar-refractivity contribution >= 4 is 40.0 Å². The minimum absolute atomic E-state index is 0.00417. The molecule has 1 aromatic heterocycles. The van der Waals surface area contributed by atoms with Crippen molar-refractivity contribution in [2.45, 2.75) is 19.4 Å². The Morgan fingerprint density at radius 2 is 1.69 bits per heavy atom. The number of aryl methyl sites for hydroxylation is 1. The normalized spacial score (nSPS) is 12.9. The molecule has 210 valence electrons. The summed E-state index contributed by atoms with van der Waals surface area (Å²) in [4.78, 5) is 53.5. The van der Waals surface area contributed by atoms with Gasteiger partial charge in [-0.1, -0.05) is 24.3 Å². The van der Waals surface area contributed by atoms with Crippen LogP contribution in [0.3, 0.4) is 0 Å². The molecule has 2 heterocycles. The fourth-order valence-corrected chi connectivity index (χ4v) is 5.89. The largest absolute Gasteiger partial charge is 0.508 e. The monoisotopic (exact) mass is 581 g/mol. The molecule has 10 nitrogen and oxygen atoms in total. The van der Waals surface area contributed by atoms with Crippen molar-refractivity contribution in [2.75, 3.05) is 12.0 Å². The number of thiophene rings is 1. The van der Waals surface area contributed by atoms with Crippen LogP contribution in [0.4, 0.5) is 5.00 Å². The van der Waals surface area contributed by atoms with Gasteiger partial charge in [-0.15, -0.1) is 11.3 Å². The van der Waals surface area contributed by atoms with Crippen molar-refractivity contribution in [3.05, 3.63) is 99.4 Å². The summed E-state index contributed by atoms with van der Waals surface area (Å²) in [5.74, 6) is -2.66. The third-order valence-electron chi connectivity index (χ3n) is 6.89. The smallest absolute Gasteiger partial charge is 0.326 e. The van der Waals surface area contributed by atoms with E-state index in [0.29, 0.717) is 16.9 Å². The SMILES string of the molecule is COc1ccc(-c2c(C)sc(N3C(=O)c4ccc(C(=O)N[C@@H](Cc5ccc(O)cc5)C(=O)O)cc4C3=O)c2C#N)cc1. The van der Waals surface area contributed by atoms with Crippen LogP contribution in [0, 0.1) is 18.3 Å². The van der Waals surface area contributed by atoms with Crippen LogP contribution >= 0.6 is 11.3 Å². The molecule has 1 atom stereocenters. The van der Waals surface area contributed by atoms with Crippen molar-refractivity contribution in [1.82, 2.24) is 5.32 Å². The van der Waals surface area contributed by atoms with Gasteiger partial charge in [0.25, 0.3) is 17.7 Å². The molecule has 3 amide bonds. The number of carboxylic acids is 1. The number of phenolic OH excluding ortho intramolecular Hbond substituents is 1. The molecule has 42 heavy (non-hydrogen) atoms. The topological polar surface area (TPSA) is 157 Å².